The minimum atomic E-state index is -0.476. The minimum Gasteiger partial charge on any atom is -0.495 e. The van der Waals surface area contributed by atoms with Crippen molar-refractivity contribution in [1.82, 2.24) is 4.98 Å². The van der Waals surface area contributed by atoms with Gasteiger partial charge in [-0.25, -0.2) is 14.2 Å². The van der Waals surface area contributed by atoms with Crippen molar-refractivity contribution in [3.05, 3.63) is 82.4 Å². The van der Waals surface area contributed by atoms with Crippen molar-refractivity contribution >= 4 is 45.4 Å². The molecular weight excluding hydrogens is 463 g/mol. The van der Waals surface area contributed by atoms with Crippen LogP contribution in [0.1, 0.15) is 22.3 Å². The molecule has 2 heterocycles. The van der Waals surface area contributed by atoms with Crippen LogP contribution in [0.4, 0.5) is 15.2 Å². The highest BCUT2D eigenvalue weighted by Crippen LogP contribution is 2.35. The zero-order valence-corrected chi connectivity index (χ0v) is 19.4. The average Bonchev–Trinajstić information content (AvgIpc) is 3.49. The lowest BCUT2D eigenvalue weighted by molar-refractivity contribution is -0.115. The third kappa shape index (κ3) is 5.10. The number of ether oxygens (including phenoxy) is 2. The number of aromatic nitrogens is 1. The van der Waals surface area contributed by atoms with Gasteiger partial charge in [-0.05, 0) is 42.0 Å². The number of halogens is 1. The average molecular weight is 483 g/mol. The normalized spacial score (nSPS) is 10.6. The van der Waals surface area contributed by atoms with E-state index in [2.05, 4.69) is 4.98 Å². The van der Waals surface area contributed by atoms with Crippen LogP contribution >= 0.6 is 22.7 Å². The summed E-state index contributed by atoms with van der Waals surface area (Å²) in [4.78, 5) is 32.0. The van der Waals surface area contributed by atoms with Crippen molar-refractivity contribution in [2.45, 2.75) is 13.5 Å². The lowest BCUT2D eigenvalue weighted by atomic mass is 10.2. The summed E-state index contributed by atoms with van der Waals surface area (Å²) >= 11 is 2.54. The van der Waals surface area contributed by atoms with Gasteiger partial charge in [-0.1, -0.05) is 24.3 Å². The maximum Gasteiger partial charge on any atom is 0.348 e. The molecule has 1 amide bonds. The standard InChI is InChI=1S/C24H19FN2O4S2/c1-15(28)27(19-5-3-4-6-20(19)30-2)24-26-18(14-32-24)13-31-23(29)22-12-11-21(33-22)16-7-9-17(25)10-8-16/h3-12,14H,13H2,1-2H3. The van der Waals surface area contributed by atoms with Crippen molar-refractivity contribution in [2.75, 3.05) is 12.0 Å². The van der Waals surface area contributed by atoms with Crippen molar-refractivity contribution < 1.29 is 23.5 Å². The second-order valence-electron chi connectivity index (χ2n) is 6.89. The van der Waals surface area contributed by atoms with Crippen LogP contribution in [0, 0.1) is 5.82 Å². The number of anilines is 2. The molecule has 0 fully saturated rings. The molecule has 2 aromatic heterocycles. The molecular formula is C24H19FN2O4S2. The van der Waals surface area contributed by atoms with E-state index in [1.807, 2.05) is 12.1 Å². The van der Waals surface area contributed by atoms with E-state index in [-0.39, 0.29) is 18.3 Å². The van der Waals surface area contributed by atoms with Crippen molar-refractivity contribution in [1.29, 1.82) is 0 Å². The maximum absolute atomic E-state index is 13.1. The summed E-state index contributed by atoms with van der Waals surface area (Å²) in [5.41, 5.74) is 1.93. The number of carbonyl (C=O) groups is 2. The van der Waals surface area contributed by atoms with Crippen molar-refractivity contribution in [2.24, 2.45) is 0 Å². The summed E-state index contributed by atoms with van der Waals surface area (Å²) in [7, 11) is 1.54. The first-order chi connectivity index (χ1) is 16.0. The molecule has 0 aliphatic carbocycles. The van der Waals surface area contributed by atoms with Crippen molar-refractivity contribution in [3.63, 3.8) is 0 Å². The first kappa shape index (κ1) is 22.6. The van der Waals surface area contributed by atoms with Crippen LogP contribution in [0.3, 0.4) is 0 Å². The van der Waals surface area contributed by atoms with Gasteiger partial charge >= 0.3 is 5.97 Å². The van der Waals surface area contributed by atoms with Gasteiger partial charge in [-0.3, -0.25) is 9.69 Å². The second-order valence-corrected chi connectivity index (χ2v) is 8.81. The number of carbonyl (C=O) groups excluding carboxylic acids is 2. The second kappa shape index (κ2) is 9.93. The van der Waals surface area contributed by atoms with E-state index in [0.717, 1.165) is 10.4 Å². The molecule has 6 nitrogen and oxygen atoms in total. The molecule has 0 atom stereocenters. The SMILES string of the molecule is COc1ccccc1N(C(C)=O)c1nc(COC(=O)c2ccc(-c3ccc(F)cc3)s2)cs1. The predicted octanol–water partition coefficient (Wildman–Crippen LogP) is 6.06. The lowest BCUT2D eigenvalue weighted by Gasteiger charge is -2.20. The maximum atomic E-state index is 13.1. The molecule has 4 rings (SSSR count). The van der Waals surface area contributed by atoms with Gasteiger partial charge in [0.05, 0.1) is 18.5 Å². The zero-order chi connectivity index (χ0) is 23.4. The molecule has 0 unspecified atom stereocenters. The Morgan fingerprint density at radius 3 is 2.55 bits per heavy atom. The number of benzene rings is 2. The highest BCUT2D eigenvalue weighted by Gasteiger charge is 2.21. The molecule has 168 valence electrons. The first-order valence-electron chi connectivity index (χ1n) is 9.87. The molecule has 0 aliphatic heterocycles. The number of rotatable bonds is 7. The monoisotopic (exact) mass is 482 g/mol. The van der Waals surface area contributed by atoms with E-state index in [0.29, 0.717) is 27.1 Å². The number of nitrogens with zero attached hydrogens (tertiary/aromatic N) is 2. The van der Waals surface area contributed by atoms with Crippen LogP contribution in [0.5, 0.6) is 5.75 Å². The smallest absolute Gasteiger partial charge is 0.348 e. The summed E-state index contributed by atoms with van der Waals surface area (Å²) in [5, 5.41) is 2.19. The fourth-order valence-electron chi connectivity index (χ4n) is 3.11. The fourth-order valence-corrected chi connectivity index (χ4v) is 4.88. The Kier molecular flexibility index (Phi) is 6.81. The van der Waals surface area contributed by atoms with Gasteiger partial charge in [-0.15, -0.1) is 22.7 Å². The van der Waals surface area contributed by atoms with Gasteiger partial charge in [0.2, 0.25) is 5.91 Å². The summed E-state index contributed by atoms with van der Waals surface area (Å²) in [6.07, 6.45) is 0. The molecule has 0 aliphatic rings. The molecule has 0 bridgehead atoms. The number of esters is 1. The molecule has 4 aromatic rings. The number of thiophene rings is 1. The van der Waals surface area contributed by atoms with Crippen molar-refractivity contribution in [3.8, 4) is 16.2 Å². The van der Waals surface area contributed by atoms with E-state index in [9.17, 15) is 14.0 Å². The third-order valence-electron chi connectivity index (χ3n) is 4.66. The van der Waals surface area contributed by atoms with E-state index in [4.69, 9.17) is 9.47 Å². The molecule has 0 N–H and O–H groups in total. The molecule has 0 spiro atoms. The van der Waals surface area contributed by atoms with Crippen LogP contribution < -0.4 is 9.64 Å². The van der Waals surface area contributed by atoms with Gasteiger partial charge in [0.1, 0.15) is 23.1 Å². The van der Waals surface area contributed by atoms with Gasteiger partial charge in [0, 0.05) is 17.2 Å². The summed E-state index contributed by atoms with van der Waals surface area (Å²) in [6, 6.07) is 16.7. The van der Waals surface area contributed by atoms with E-state index < -0.39 is 5.97 Å². The van der Waals surface area contributed by atoms with Crippen LogP contribution in [0.25, 0.3) is 10.4 Å². The molecule has 33 heavy (non-hydrogen) atoms. The number of thiazole rings is 1. The fraction of sp³-hybridized carbons (Fsp3) is 0.125. The predicted molar refractivity (Wildman–Crippen MR) is 127 cm³/mol. The number of methoxy groups -OCH3 is 1. The first-order valence-corrected chi connectivity index (χ1v) is 11.6. The Morgan fingerprint density at radius 2 is 1.82 bits per heavy atom. The number of hydrogen-bond acceptors (Lipinski definition) is 7. The Balaban J connectivity index is 1.45. The molecule has 2 aromatic carbocycles. The Labute approximate surface area is 197 Å². The number of hydrogen-bond donors (Lipinski definition) is 0. The van der Waals surface area contributed by atoms with Crippen LogP contribution in [0.15, 0.2) is 66.0 Å². The Morgan fingerprint density at radius 1 is 1.06 bits per heavy atom. The highest BCUT2D eigenvalue weighted by molar-refractivity contribution is 7.17. The summed E-state index contributed by atoms with van der Waals surface area (Å²) in [5.74, 6) is -0.461. The third-order valence-corrected chi connectivity index (χ3v) is 6.65. The topological polar surface area (TPSA) is 68.7 Å². The van der Waals surface area contributed by atoms with Gasteiger partial charge in [0.15, 0.2) is 5.13 Å². The van der Waals surface area contributed by atoms with E-state index >= 15 is 0 Å². The molecule has 0 saturated heterocycles. The van der Waals surface area contributed by atoms with Gasteiger partial charge in [0.25, 0.3) is 0 Å². The van der Waals surface area contributed by atoms with E-state index in [1.165, 1.54) is 53.7 Å². The quantitative estimate of drug-likeness (QED) is 0.300. The molecule has 0 saturated carbocycles. The summed E-state index contributed by atoms with van der Waals surface area (Å²) < 4.78 is 23.9. The van der Waals surface area contributed by atoms with Gasteiger partial charge < -0.3 is 9.47 Å². The summed E-state index contributed by atoms with van der Waals surface area (Å²) in [6.45, 7) is 1.42. The largest absolute Gasteiger partial charge is 0.495 e. The molecule has 0 radical (unpaired) electrons. The highest BCUT2D eigenvalue weighted by atomic mass is 32.1. The van der Waals surface area contributed by atoms with Crippen LogP contribution in [-0.2, 0) is 16.1 Å². The zero-order valence-electron chi connectivity index (χ0n) is 17.8. The van der Waals surface area contributed by atoms with Gasteiger partial charge in [-0.2, -0.15) is 0 Å². The van der Waals surface area contributed by atoms with Crippen LogP contribution in [0.2, 0.25) is 0 Å². The Bertz CT molecular complexity index is 1280. The van der Waals surface area contributed by atoms with Crippen LogP contribution in [-0.4, -0.2) is 24.0 Å². The number of para-hydroxylation sites is 2. The Hall–Kier alpha value is -3.56. The minimum absolute atomic E-state index is 0.0310. The molecule has 9 heteroatoms. The number of amides is 1. The van der Waals surface area contributed by atoms with E-state index in [1.54, 1.807) is 41.8 Å². The lowest BCUT2D eigenvalue weighted by Crippen LogP contribution is -2.23.